The third-order valence-corrected chi connectivity index (χ3v) is 5.31. The van der Waals surface area contributed by atoms with Crippen LogP contribution in [0.5, 0.6) is 0 Å². The van der Waals surface area contributed by atoms with Crippen LogP contribution in [-0.2, 0) is 17.8 Å². The summed E-state index contributed by atoms with van der Waals surface area (Å²) < 4.78 is 0. The van der Waals surface area contributed by atoms with Crippen molar-refractivity contribution < 1.29 is 4.79 Å². The van der Waals surface area contributed by atoms with Crippen molar-refractivity contribution in [1.82, 2.24) is 14.9 Å². The minimum Gasteiger partial charge on any atom is -0.354 e. The van der Waals surface area contributed by atoms with Crippen LogP contribution in [0, 0.1) is 6.92 Å². The molecule has 1 N–H and O–H groups in total. The van der Waals surface area contributed by atoms with Crippen LogP contribution in [0.3, 0.4) is 0 Å². The van der Waals surface area contributed by atoms with Crippen molar-refractivity contribution in [2.75, 3.05) is 36.4 Å². The molecule has 30 heavy (non-hydrogen) atoms. The number of nitrogens with zero attached hydrogens (tertiary/aromatic N) is 4. The van der Waals surface area contributed by atoms with Gasteiger partial charge >= 0.3 is 0 Å². The molecule has 0 saturated carbocycles. The molecule has 0 bridgehead atoms. The molecule has 4 rings (SSSR count). The van der Waals surface area contributed by atoms with Crippen LogP contribution in [0.1, 0.15) is 16.7 Å². The van der Waals surface area contributed by atoms with Crippen LogP contribution in [0.4, 0.5) is 11.6 Å². The molecule has 2 aromatic carbocycles. The van der Waals surface area contributed by atoms with Gasteiger partial charge in [0.25, 0.3) is 0 Å². The molecule has 2 heterocycles. The van der Waals surface area contributed by atoms with Crippen molar-refractivity contribution in [3.63, 3.8) is 0 Å². The van der Waals surface area contributed by atoms with E-state index in [1.165, 1.54) is 11.9 Å². The largest absolute Gasteiger partial charge is 0.354 e. The van der Waals surface area contributed by atoms with E-state index in [4.69, 9.17) is 0 Å². The molecular weight excluding hydrogens is 374 g/mol. The molecule has 154 valence electrons. The molecule has 1 amide bonds. The molecule has 1 fully saturated rings. The van der Waals surface area contributed by atoms with Crippen molar-refractivity contribution >= 4 is 17.5 Å². The summed E-state index contributed by atoms with van der Waals surface area (Å²) in [6, 6.07) is 20.4. The van der Waals surface area contributed by atoms with Gasteiger partial charge in [0.15, 0.2) is 0 Å². The lowest BCUT2D eigenvalue weighted by atomic mass is 10.1. The molecule has 0 atom stereocenters. The number of piperazine rings is 1. The molecule has 0 aliphatic carbocycles. The lowest BCUT2D eigenvalue weighted by molar-refractivity contribution is -0.115. The molecule has 1 saturated heterocycles. The first-order valence-corrected chi connectivity index (χ1v) is 10.3. The monoisotopic (exact) mass is 401 g/mol. The molecular formula is C24H27N5O. The standard InChI is InChI=1S/C24H27N5O/c1-19-6-5-9-21(14-19)15-24(30)27-22-16-23(26-18-25-22)29-12-10-28(11-13-29)17-20-7-3-2-4-8-20/h2-9,14,16,18H,10-13,15,17H2,1H3,(H,25,26,27,30). The van der Waals surface area contributed by atoms with Gasteiger partial charge in [0.2, 0.25) is 5.91 Å². The summed E-state index contributed by atoms with van der Waals surface area (Å²) in [6.07, 6.45) is 1.85. The van der Waals surface area contributed by atoms with E-state index in [2.05, 4.69) is 49.4 Å². The van der Waals surface area contributed by atoms with Crippen LogP contribution in [0.25, 0.3) is 0 Å². The zero-order chi connectivity index (χ0) is 20.8. The lowest BCUT2D eigenvalue weighted by Gasteiger charge is -2.35. The van der Waals surface area contributed by atoms with E-state index in [1.54, 1.807) is 0 Å². The van der Waals surface area contributed by atoms with Crippen molar-refractivity contribution in [1.29, 1.82) is 0 Å². The van der Waals surface area contributed by atoms with E-state index in [0.29, 0.717) is 12.2 Å². The quantitative estimate of drug-likeness (QED) is 0.687. The second-order valence-corrected chi connectivity index (χ2v) is 7.72. The topological polar surface area (TPSA) is 61.4 Å². The summed E-state index contributed by atoms with van der Waals surface area (Å²) in [4.78, 5) is 25.8. The number of nitrogens with one attached hydrogen (secondary N) is 1. The smallest absolute Gasteiger partial charge is 0.229 e. The van der Waals surface area contributed by atoms with Crippen molar-refractivity contribution in [2.24, 2.45) is 0 Å². The number of carbonyl (C=O) groups excluding carboxylic acids is 1. The van der Waals surface area contributed by atoms with Gasteiger partial charge in [0, 0.05) is 38.8 Å². The van der Waals surface area contributed by atoms with E-state index in [-0.39, 0.29) is 5.91 Å². The summed E-state index contributed by atoms with van der Waals surface area (Å²) in [5, 5.41) is 2.90. The number of amides is 1. The zero-order valence-corrected chi connectivity index (χ0v) is 17.3. The summed E-state index contributed by atoms with van der Waals surface area (Å²) in [5.41, 5.74) is 3.49. The maximum absolute atomic E-state index is 12.4. The fourth-order valence-corrected chi connectivity index (χ4v) is 3.76. The molecule has 0 spiro atoms. The minimum absolute atomic E-state index is 0.0714. The highest BCUT2D eigenvalue weighted by molar-refractivity contribution is 5.91. The maximum atomic E-state index is 12.4. The highest BCUT2D eigenvalue weighted by Crippen LogP contribution is 2.17. The highest BCUT2D eigenvalue weighted by atomic mass is 16.1. The Morgan fingerprint density at radius 2 is 1.70 bits per heavy atom. The van der Waals surface area contributed by atoms with E-state index >= 15 is 0 Å². The Morgan fingerprint density at radius 3 is 2.47 bits per heavy atom. The summed E-state index contributed by atoms with van der Waals surface area (Å²) in [5.74, 6) is 1.33. The van der Waals surface area contributed by atoms with Gasteiger partial charge in [-0.05, 0) is 18.1 Å². The average Bonchev–Trinajstić information content (AvgIpc) is 2.75. The first-order chi connectivity index (χ1) is 14.7. The van der Waals surface area contributed by atoms with E-state index in [1.807, 2.05) is 43.3 Å². The zero-order valence-electron chi connectivity index (χ0n) is 17.3. The Labute approximate surface area is 177 Å². The summed E-state index contributed by atoms with van der Waals surface area (Å²) in [6.45, 7) is 6.76. The molecule has 1 aliphatic rings. The van der Waals surface area contributed by atoms with E-state index < -0.39 is 0 Å². The normalized spacial score (nSPS) is 14.5. The second-order valence-electron chi connectivity index (χ2n) is 7.72. The lowest BCUT2D eigenvalue weighted by Crippen LogP contribution is -2.46. The minimum atomic E-state index is -0.0714. The number of benzene rings is 2. The number of carbonyl (C=O) groups is 1. The molecule has 0 radical (unpaired) electrons. The van der Waals surface area contributed by atoms with Gasteiger partial charge in [0.05, 0.1) is 6.42 Å². The predicted molar refractivity (Wildman–Crippen MR) is 119 cm³/mol. The van der Waals surface area contributed by atoms with Gasteiger partial charge in [-0.15, -0.1) is 0 Å². The molecule has 0 unspecified atom stereocenters. The van der Waals surface area contributed by atoms with Crippen molar-refractivity contribution in [3.8, 4) is 0 Å². The highest BCUT2D eigenvalue weighted by Gasteiger charge is 2.19. The Hall–Kier alpha value is -3.25. The predicted octanol–water partition coefficient (Wildman–Crippen LogP) is 3.29. The van der Waals surface area contributed by atoms with Crippen LogP contribution in [0.15, 0.2) is 67.0 Å². The first-order valence-electron chi connectivity index (χ1n) is 10.3. The maximum Gasteiger partial charge on any atom is 0.229 e. The number of hydrogen-bond acceptors (Lipinski definition) is 5. The Morgan fingerprint density at radius 1 is 0.933 bits per heavy atom. The van der Waals surface area contributed by atoms with Crippen molar-refractivity contribution in [2.45, 2.75) is 19.9 Å². The molecule has 6 heteroatoms. The SMILES string of the molecule is Cc1cccc(CC(=O)Nc2cc(N3CCN(Cc4ccccc4)CC3)ncn2)c1. The number of rotatable bonds is 6. The van der Waals surface area contributed by atoms with Crippen molar-refractivity contribution in [3.05, 3.63) is 83.7 Å². The van der Waals surface area contributed by atoms with Crippen LogP contribution >= 0.6 is 0 Å². The van der Waals surface area contributed by atoms with Gasteiger partial charge in [-0.25, -0.2) is 9.97 Å². The Kier molecular flexibility index (Phi) is 6.35. The third kappa shape index (κ3) is 5.42. The third-order valence-electron chi connectivity index (χ3n) is 5.31. The molecule has 1 aromatic heterocycles. The van der Waals surface area contributed by atoms with Gasteiger partial charge in [0.1, 0.15) is 18.0 Å². The molecule has 3 aromatic rings. The fraction of sp³-hybridized carbons (Fsp3) is 0.292. The van der Waals surface area contributed by atoms with Gasteiger partial charge in [-0.3, -0.25) is 9.69 Å². The van der Waals surface area contributed by atoms with Gasteiger partial charge in [-0.1, -0.05) is 60.2 Å². The van der Waals surface area contributed by atoms with E-state index in [9.17, 15) is 4.79 Å². The Balaban J connectivity index is 1.32. The fourth-order valence-electron chi connectivity index (χ4n) is 3.76. The number of aryl methyl sites for hydroxylation is 1. The second kappa shape index (κ2) is 9.50. The number of hydrogen-bond donors (Lipinski definition) is 1. The summed E-state index contributed by atoms with van der Waals surface area (Å²) >= 11 is 0. The van der Waals surface area contributed by atoms with Gasteiger partial charge < -0.3 is 10.2 Å². The molecule has 1 aliphatic heterocycles. The summed E-state index contributed by atoms with van der Waals surface area (Å²) in [7, 11) is 0. The van der Waals surface area contributed by atoms with Crippen LogP contribution in [-0.4, -0.2) is 47.0 Å². The molecule has 6 nitrogen and oxygen atoms in total. The average molecular weight is 402 g/mol. The van der Waals surface area contributed by atoms with Crippen LogP contribution < -0.4 is 10.2 Å². The van der Waals surface area contributed by atoms with Gasteiger partial charge in [-0.2, -0.15) is 0 Å². The van der Waals surface area contributed by atoms with E-state index in [0.717, 1.165) is 49.7 Å². The number of aromatic nitrogens is 2. The van der Waals surface area contributed by atoms with Crippen LogP contribution in [0.2, 0.25) is 0 Å². The number of anilines is 2. The first kappa shape index (κ1) is 20.0. The Bertz CT molecular complexity index is 984.